The lowest BCUT2D eigenvalue weighted by Gasteiger charge is -1.97. The zero-order valence-corrected chi connectivity index (χ0v) is 7.45. The fourth-order valence-corrected chi connectivity index (χ4v) is 1.59. The van der Waals surface area contributed by atoms with Crippen LogP contribution in [0.25, 0.3) is 0 Å². The second-order valence-corrected chi connectivity index (χ2v) is 3.38. The first-order valence-corrected chi connectivity index (χ1v) is 4.45. The van der Waals surface area contributed by atoms with Crippen LogP contribution in [0.15, 0.2) is 0 Å². The van der Waals surface area contributed by atoms with E-state index in [1.165, 1.54) is 13.5 Å². The van der Waals surface area contributed by atoms with Crippen molar-refractivity contribution in [3.05, 3.63) is 0 Å². The molecule has 0 aliphatic heterocycles. The Hall–Kier alpha value is -0.570. The van der Waals surface area contributed by atoms with Crippen molar-refractivity contribution >= 4 is 5.97 Å². The number of ether oxygens (including phenoxy) is 1. The van der Waals surface area contributed by atoms with Crippen LogP contribution >= 0.6 is 0 Å². The molecule has 2 unspecified atom stereocenters. The van der Waals surface area contributed by atoms with E-state index in [4.69, 9.17) is 5.11 Å². The molecule has 2 atom stereocenters. The van der Waals surface area contributed by atoms with Gasteiger partial charge in [-0.1, -0.05) is 0 Å². The predicted molar refractivity (Wildman–Crippen MR) is 44.5 cm³/mol. The van der Waals surface area contributed by atoms with E-state index in [0.29, 0.717) is 18.3 Å². The summed E-state index contributed by atoms with van der Waals surface area (Å²) in [4.78, 5) is 10.7. The number of rotatable bonds is 5. The smallest absolute Gasteiger partial charge is 0.305 e. The monoisotopic (exact) mass is 172 g/mol. The average Bonchev–Trinajstić information content (AvgIpc) is 2.80. The Bertz CT molecular complexity index is 156. The van der Waals surface area contributed by atoms with E-state index in [1.54, 1.807) is 0 Å². The summed E-state index contributed by atoms with van der Waals surface area (Å²) in [6, 6.07) is 0. The fraction of sp³-hybridized carbons (Fsp3) is 0.889. The highest BCUT2D eigenvalue weighted by Gasteiger charge is 2.35. The van der Waals surface area contributed by atoms with Gasteiger partial charge in [-0.3, -0.25) is 4.79 Å². The summed E-state index contributed by atoms with van der Waals surface area (Å²) in [6.45, 7) is 0.277. The lowest BCUT2D eigenvalue weighted by molar-refractivity contribution is -0.140. The molecule has 1 N–H and O–H groups in total. The van der Waals surface area contributed by atoms with Gasteiger partial charge in [-0.25, -0.2) is 0 Å². The quantitative estimate of drug-likeness (QED) is 0.628. The van der Waals surface area contributed by atoms with Gasteiger partial charge in [0.25, 0.3) is 0 Å². The molecule has 1 fully saturated rings. The van der Waals surface area contributed by atoms with E-state index in [0.717, 1.165) is 12.8 Å². The molecule has 3 heteroatoms. The van der Waals surface area contributed by atoms with E-state index in [9.17, 15) is 4.79 Å². The van der Waals surface area contributed by atoms with Gasteiger partial charge in [0.2, 0.25) is 0 Å². The van der Waals surface area contributed by atoms with E-state index in [2.05, 4.69) is 4.74 Å². The van der Waals surface area contributed by atoms with Crippen LogP contribution in [0, 0.1) is 11.8 Å². The number of hydrogen-bond donors (Lipinski definition) is 1. The van der Waals surface area contributed by atoms with Gasteiger partial charge < -0.3 is 9.84 Å². The van der Waals surface area contributed by atoms with Crippen molar-refractivity contribution in [2.45, 2.75) is 25.7 Å². The first-order chi connectivity index (χ1) is 5.77. The number of aliphatic hydroxyl groups excluding tert-OH is 1. The molecule has 1 saturated carbocycles. The maximum Gasteiger partial charge on any atom is 0.305 e. The maximum atomic E-state index is 10.7. The highest BCUT2D eigenvalue weighted by atomic mass is 16.5. The van der Waals surface area contributed by atoms with Gasteiger partial charge in [0.15, 0.2) is 0 Å². The van der Waals surface area contributed by atoms with Crippen molar-refractivity contribution in [1.29, 1.82) is 0 Å². The molecule has 3 nitrogen and oxygen atoms in total. The lowest BCUT2D eigenvalue weighted by Crippen LogP contribution is -2.00. The van der Waals surface area contributed by atoms with Crippen molar-refractivity contribution in [1.82, 2.24) is 0 Å². The third-order valence-corrected chi connectivity index (χ3v) is 2.52. The van der Waals surface area contributed by atoms with Crippen LogP contribution in [-0.2, 0) is 9.53 Å². The van der Waals surface area contributed by atoms with Crippen molar-refractivity contribution < 1.29 is 14.6 Å². The Labute approximate surface area is 72.7 Å². The van der Waals surface area contributed by atoms with E-state index < -0.39 is 0 Å². The minimum absolute atomic E-state index is 0.121. The molecule has 0 saturated heterocycles. The largest absolute Gasteiger partial charge is 0.469 e. The van der Waals surface area contributed by atoms with Crippen LogP contribution in [0.4, 0.5) is 0 Å². The van der Waals surface area contributed by atoms with Crippen molar-refractivity contribution in [3.63, 3.8) is 0 Å². The number of esters is 1. The molecule has 0 radical (unpaired) electrons. The summed E-state index contributed by atoms with van der Waals surface area (Å²) >= 11 is 0. The normalized spacial score (nSPS) is 26.8. The first-order valence-electron chi connectivity index (χ1n) is 4.45. The zero-order valence-electron chi connectivity index (χ0n) is 7.45. The Morgan fingerprint density at radius 1 is 1.50 bits per heavy atom. The lowest BCUT2D eigenvalue weighted by atomic mass is 10.1. The summed E-state index contributed by atoms with van der Waals surface area (Å²) in [5.41, 5.74) is 0. The average molecular weight is 172 g/mol. The first kappa shape index (κ1) is 9.52. The number of carbonyl (C=O) groups excluding carboxylic acids is 1. The van der Waals surface area contributed by atoms with E-state index >= 15 is 0 Å². The summed E-state index contributed by atoms with van der Waals surface area (Å²) < 4.78 is 4.54. The van der Waals surface area contributed by atoms with Gasteiger partial charge >= 0.3 is 5.97 Å². The fourth-order valence-electron chi connectivity index (χ4n) is 1.59. The molecule has 1 aliphatic rings. The molecule has 12 heavy (non-hydrogen) atoms. The summed E-state index contributed by atoms with van der Waals surface area (Å²) in [5, 5.41) is 8.63. The molecule has 0 spiro atoms. The minimum atomic E-state index is -0.121. The molecule has 1 rings (SSSR count). The predicted octanol–water partition coefficient (Wildman–Crippen LogP) is 0.958. The Kier molecular flexibility index (Phi) is 3.53. The van der Waals surface area contributed by atoms with Gasteiger partial charge in [0.1, 0.15) is 0 Å². The topological polar surface area (TPSA) is 46.5 Å². The molecular formula is C9H16O3. The SMILES string of the molecule is COC(=O)CCC1CC1CCO. The molecule has 0 aromatic carbocycles. The second-order valence-electron chi connectivity index (χ2n) is 3.38. The van der Waals surface area contributed by atoms with Crippen LogP contribution in [-0.4, -0.2) is 24.8 Å². The molecule has 0 heterocycles. The summed E-state index contributed by atoms with van der Waals surface area (Å²) in [6.07, 6.45) is 3.53. The van der Waals surface area contributed by atoms with Gasteiger partial charge in [-0.15, -0.1) is 0 Å². The summed E-state index contributed by atoms with van der Waals surface area (Å²) in [5.74, 6) is 1.21. The molecule has 70 valence electrons. The van der Waals surface area contributed by atoms with Crippen molar-refractivity contribution in [3.8, 4) is 0 Å². The van der Waals surface area contributed by atoms with Crippen LogP contribution in [0.2, 0.25) is 0 Å². The van der Waals surface area contributed by atoms with Crippen LogP contribution in [0.5, 0.6) is 0 Å². The highest BCUT2D eigenvalue weighted by molar-refractivity contribution is 5.69. The van der Waals surface area contributed by atoms with Gasteiger partial charge in [-0.05, 0) is 31.1 Å². The number of hydrogen-bond acceptors (Lipinski definition) is 3. The molecule has 0 amide bonds. The van der Waals surface area contributed by atoms with Crippen LogP contribution < -0.4 is 0 Å². The summed E-state index contributed by atoms with van der Waals surface area (Å²) in [7, 11) is 1.42. The standard InChI is InChI=1S/C9H16O3/c1-12-9(11)3-2-7-6-8(7)4-5-10/h7-8,10H,2-6H2,1H3. The van der Waals surface area contributed by atoms with Gasteiger partial charge in [0, 0.05) is 13.0 Å². The maximum absolute atomic E-state index is 10.7. The zero-order chi connectivity index (χ0) is 8.97. The molecule has 1 aliphatic carbocycles. The van der Waals surface area contributed by atoms with Crippen LogP contribution in [0.3, 0.4) is 0 Å². The number of aliphatic hydroxyl groups is 1. The Morgan fingerprint density at radius 3 is 2.75 bits per heavy atom. The molecule has 0 aromatic heterocycles. The molecule has 0 bridgehead atoms. The Morgan fingerprint density at radius 2 is 2.17 bits per heavy atom. The minimum Gasteiger partial charge on any atom is -0.469 e. The van der Waals surface area contributed by atoms with Gasteiger partial charge in [-0.2, -0.15) is 0 Å². The third-order valence-electron chi connectivity index (χ3n) is 2.52. The number of carbonyl (C=O) groups is 1. The number of methoxy groups -OCH3 is 1. The second kappa shape index (κ2) is 4.45. The Balaban J connectivity index is 2.00. The molecule has 0 aromatic rings. The van der Waals surface area contributed by atoms with Crippen LogP contribution in [0.1, 0.15) is 25.7 Å². The van der Waals surface area contributed by atoms with Gasteiger partial charge in [0.05, 0.1) is 7.11 Å². The highest BCUT2D eigenvalue weighted by Crippen LogP contribution is 2.44. The third kappa shape index (κ3) is 2.81. The van der Waals surface area contributed by atoms with Crippen molar-refractivity contribution in [2.24, 2.45) is 11.8 Å². The van der Waals surface area contributed by atoms with E-state index in [-0.39, 0.29) is 12.6 Å². The van der Waals surface area contributed by atoms with E-state index in [1.807, 2.05) is 0 Å². The van der Waals surface area contributed by atoms with Crippen molar-refractivity contribution in [2.75, 3.05) is 13.7 Å². The molecular weight excluding hydrogens is 156 g/mol.